The molecule has 1 aliphatic carbocycles. The fourth-order valence-corrected chi connectivity index (χ4v) is 3.70. The molecule has 2 amide bonds. The van der Waals surface area contributed by atoms with Crippen molar-refractivity contribution in [3.63, 3.8) is 0 Å². The number of aryl methyl sites for hydroxylation is 3. The summed E-state index contributed by atoms with van der Waals surface area (Å²) < 4.78 is 3.89. The molecule has 2 heterocycles. The van der Waals surface area contributed by atoms with E-state index in [-0.39, 0.29) is 6.03 Å². The second-order valence-corrected chi connectivity index (χ2v) is 7.64. The molecule has 2 aromatic heterocycles. The first-order valence-electron chi connectivity index (χ1n) is 9.98. The zero-order chi connectivity index (χ0) is 19.7. The summed E-state index contributed by atoms with van der Waals surface area (Å²) in [5, 5.41) is 13.2. The van der Waals surface area contributed by atoms with Crippen molar-refractivity contribution in [2.24, 2.45) is 7.05 Å². The van der Waals surface area contributed by atoms with Gasteiger partial charge in [-0.2, -0.15) is 10.2 Å². The number of carbonyl (C=O) groups is 1. The summed E-state index contributed by atoms with van der Waals surface area (Å²) in [5.41, 5.74) is 4.43. The summed E-state index contributed by atoms with van der Waals surface area (Å²) in [7, 11) is 1.95. The van der Waals surface area contributed by atoms with Crippen LogP contribution in [-0.4, -0.2) is 43.1 Å². The molecule has 28 heavy (non-hydrogen) atoms. The Morgan fingerprint density at radius 1 is 1.29 bits per heavy atom. The summed E-state index contributed by atoms with van der Waals surface area (Å²) in [6, 6.07) is 8.57. The molecule has 7 nitrogen and oxygen atoms in total. The number of amides is 2. The molecular formula is C21H28N6O. The number of fused-ring (bicyclic) bond motifs is 1. The van der Waals surface area contributed by atoms with Crippen molar-refractivity contribution in [3.8, 4) is 0 Å². The third-order valence-electron chi connectivity index (χ3n) is 5.61. The molecule has 0 spiro atoms. The highest BCUT2D eigenvalue weighted by molar-refractivity contribution is 5.78. The minimum atomic E-state index is 0.0236. The number of benzene rings is 1. The van der Waals surface area contributed by atoms with Gasteiger partial charge in [0.25, 0.3) is 0 Å². The largest absolute Gasteiger partial charge is 0.338 e. The van der Waals surface area contributed by atoms with Gasteiger partial charge in [0.05, 0.1) is 24.0 Å². The van der Waals surface area contributed by atoms with E-state index in [0.717, 1.165) is 53.7 Å². The normalized spacial score (nSPS) is 13.8. The lowest BCUT2D eigenvalue weighted by atomic mass is 10.2. The number of hydrogen-bond donors (Lipinski definition) is 1. The Bertz CT molecular complexity index is 984. The standard InChI is InChI=1S/C21H28N6O/c1-15-19(16(2)25(3)24-15)14-26(18-9-10-18)21(28)22-11-6-12-27-20-8-5-4-7-17(20)13-23-27/h4-5,7-8,13,18H,6,9-12,14H2,1-3H3,(H,22,28). The van der Waals surface area contributed by atoms with Crippen LogP contribution in [0.15, 0.2) is 30.5 Å². The second kappa shape index (κ2) is 7.66. The first-order chi connectivity index (χ1) is 13.5. The maximum absolute atomic E-state index is 12.8. The fraction of sp³-hybridized carbons (Fsp3) is 0.476. The molecule has 1 fully saturated rings. The minimum Gasteiger partial charge on any atom is -0.338 e. The van der Waals surface area contributed by atoms with Crippen molar-refractivity contribution in [1.29, 1.82) is 0 Å². The average molecular weight is 380 g/mol. The summed E-state index contributed by atoms with van der Waals surface area (Å²) in [5.74, 6) is 0. The average Bonchev–Trinajstić information content (AvgIpc) is 3.39. The summed E-state index contributed by atoms with van der Waals surface area (Å²) in [6.45, 7) is 6.14. The van der Waals surface area contributed by atoms with Gasteiger partial charge in [-0.25, -0.2) is 4.79 Å². The lowest BCUT2D eigenvalue weighted by molar-refractivity contribution is 0.191. The van der Waals surface area contributed by atoms with Crippen LogP contribution >= 0.6 is 0 Å². The Hall–Kier alpha value is -2.83. The van der Waals surface area contributed by atoms with Gasteiger partial charge in [-0.05, 0) is 39.2 Å². The molecule has 1 saturated carbocycles. The Labute approximate surface area is 165 Å². The van der Waals surface area contributed by atoms with Crippen LogP contribution in [0, 0.1) is 13.8 Å². The Morgan fingerprint density at radius 2 is 2.07 bits per heavy atom. The van der Waals surface area contributed by atoms with E-state index in [4.69, 9.17) is 0 Å². The number of hydrogen-bond acceptors (Lipinski definition) is 3. The van der Waals surface area contributed by atoms with E-state index >= 15 is 0 Å². The number of aromatic nitrogens is 4. The van der Waals surface area contributed by atoms with Crippen LogP contribution in [0.2, 0.25) is 0 Å². The zero-order valence-electron chi connectivity index (χ0n) is 16.9. The molecule has 148 valence electrons. The van der Waals surface area contributed by atoms with Crippen LogP contribution in [0.25, 0.3) is 10.9 Å². The van der Waals surface area contributed by atoms with Gasteiger partial charge in [0, 0.05) is 42.8 Å². The lowest BCUT2D eigenvalue weighted by Gasteiger charge is -2.23. The number of para-hydroxylation sites is 1. The quantitative estimate of drug-likeness (QED) is 0.640. The van der Waals surface area contributed by atoms with Crippen LogP contribution in [0.3, 0.4) is 0 Å². The van der Waals surface area contributed by atoms with Crippen molar-refractivity contribution in [2.45, 2.75) is 52.2 Å². The summed E-state index contributed by atoms with van der Waals surface area (Å²) in [4.78, 5) is 14.8. The summed E-state index contributed by atoms with van der Waals surface area (Å²) in [6.07, 6.45) is 4.91. The molecule has 4 rings (SSSR count). The van der Waals surface area contributed by atoms with Crippen LogP contribution in [0.5, 0.6) is 0 Å². The van der Waals surface area contributed by atoms with Gasteiger partial charge in [0.2, 0.25) is 0 Å². The lowest BCUT2D eigenvalue weighted by Crippen LogP contribution is -2.41. The van der Waals surface area contributed by atoms with Crippen molar-refractivity contribution >= 4 is 16.9 Å². The van der Waals surface area contributed by atoms with E-state index in [1.165, 1.54) is 0 Å². The third-order valence-corrected chi connectivity index (χ3v) is 5.61. The predicted molar refractivity (Wildman–Crippen MR) is 109 cm³/mol. The van der Waals surface area contributed by atoms with Crippen molar-refractivity contribution < 1.29 is 4.79 Å². The second-order valence-electron chi connectivity index (χ2n) is 7.64. The highest BCUT2D eigenvalue weighted by Gasteiger charge is 2.33. The van der Waals surface area contributed by atoms with Gasteiger partial charge in [-0.3, -0.25) is 9.36 Å². The van der Waals surface area contributed by atoms with E-state index in [2.05, 4.69) is 34.6 Å². The van der Waals surface area contributed by atoms with Gasteiger partial charge in [0.1, 0.15) is 0 Å². The monoisotopic (exact) mass is 380 g/mol. The smallest absolute Gasteiger partial charge is 0.317 e. The van der Waals surface area contributed by atoms with E-state index in [1.807, 2.05) is 46.6 Å². The van der Waals surface area contributed by atoms with E-state index in [9.17, 15) is 4.79 Å². The Kier molecular flexibility index (Phi) is 5.07. The highest BCUT2D eigenvalue weighted by Crippen LogP contribution is 2.29. The van der Waals surface area contributed by atoms with Crippen LogP contribution < -0.4 is 5.32 Å². The highest BCUT2D eigenvalue weighted by atomic mass is 16.2. The van der Waals surface area contributed by atoms with Gasteiger partial charge >= 0.3 is 6.03 Å². The molecule has 3 aromatic rings. The Morgan fingerprint density at radius 3 is 2.79 bits per heavy atom. The molecule has 0 bridgehead atoms. The van der Waals surface area contributed by atoms with Gasteiger partial charge in [-0.15, -0.1) is 0 Å². The number of rotatable bonds is 7. The van der Waals surface area contributed by atoms with Gasteiger partial charge in [-0.1, -0.05) is 18.2 Å². The first kappa shape index (κ1) is 18.5. The molecule has 1 aromatic carbocycles. The number of carbonyl (C=O) groups excluding carboxylic acids is 1. The van der Waals surface area contributed by atoms with Gasteiger partial charge < -0.3 is 10.2 Å². The predicted octanol–water partition coefficient (Wildman–Crippen LogP) is 3.15. The molecular weight excluding hydrogens is 352 g/mol. The molecule has 0 aliphatic heterocycles. The van der Waals surface area contributed by atoms with Crippen LogP contribution in [0.1, 0.15) is 36.2 Å². The van der Waals surface area contributed by atoms with Crippen LogP contribution in [-0.2, 0) is 20.1 Å². The number of nitrogens with zero attached hydrogens (tertiary/aromatic N) is 5. The van der Waals surface area contributed by atoms with Crippen molar-refractivity contribution in [2.75, 3.05) is 6.54 Å². The third kappa shape index (κ3) is 3.74. The number of urea groups is 1. The molecule has 0 saturated heterocycles. The molecule has 0 atom stereocenters. The summed E-state index contributed by atoms with van der Waals surface area (Å²) >= 11 is 0. The molecule has 0 unspecified atom stereocenters. The molecule has 1 N–H and O–H groups in total. The van der Waals surface area contributed by atoms with Gasteiger partial charge in [0.15, 0.2) is 0 Å². The van der Waals surface area contributed by atoms with Crippen molar-refractivity contribution in [3.05, 3.63) is 47.4 Å². The van der Waals surface area contributed by atoms with Crippen molar-refractivity contribution in [1.82, 2.24) is 29.8 Å². The Balaban J connectivity index is 1.32. The van der Waals surface area contributed by atoms with E-state index < -0.39 is 0 Å². The fourth-order valence-electron chi connectivity index (χ4n) is 3.70. The van der Waals surface area contributed by atoms with Crippen LogP contribution in [0.4, 0.5) is 4.79 Å². The maximum Gasteiger partial charge on any atom is 0.317 e. The first-order valence-corrected chi connectivity index (χ1v) is 9.98. The minimum absolute atomic E-state index is 0.0236. The maximum atomic E-state index is 12.8. The zero-order valence-corrected chi connectivity index (χ0v) is 16.9. The molecule has 1 aliphatic rings. The van der Waals surface area contributed by atoms with E-state index in [1.54, 1.807) is 0 Å². The SMILES string of the molecule is Cc1nn(C)c(C)c1CN(C(=O)NCCCn1ncc2ccccc21)C1CC1. The topological polar surface area (TPSA) is 68.0 Å². The number of nitrogens with one attached hydrogen (secondary N) is 1. The van der Waals surface area contributed by atoms with E-state index in [0.29, 0.717) is 19.1 Å². The molecule has 0 radical (unpaired) electrons. The molecule has 7 heteroatoms.